The van der Waals surface area contributed by atoms with E-state index in [4.69, 9.17) is 14.2 Å². The Kier molecular flexibility index (Phi) is 6.72. The molecule has 0 aromatic heterocycles. The molecule has 2 unspecified atom stereocenters. The standard InChI is InChI=1S/C24H28N2O5/c1-29-19-12-8-18(9-13-19)25-23(27)22-5-2-14-26(22)24(28)17-6-10-20(11-7-17)31-16-21-4-3-15-30-21/h6-13,21-22H,2-5,14-16H2,1H3,(H,25,27). The number of nitrogens with zero attached hydrogens (tertiary/aromatic N) is 1. The Morgan fingerprint density at radius 2 is 1.77 bits per heavy atom. The topological polar surface area (TPSA) is 77.1 Å². The van der Waals surface area contributed by atoms with Gasteiger partial charge in [0, 0.05) is 24.4 Å². The summed E-state index contributed by atoms with van der Waals surface area (Å²) in [5, 5.41) is 2.90. The molecule has 2 amide bonds. The predicted molar refractivity (Wildman–Crippen MR) is 117 cm³/mol. The first kappa shape index (κ1) is 21.2. The van der Waals surface area contributed by atoms with Crippen molar-refractivity contribution < 1.29 is 23.8 Å². The number of carbonyl (C=O) groups excluding carboxylic acids is 2. The van der Waals surface area contributed by atoms with E-state index in [0.29, 0.717) is 36.6 Å². The second-order valence-electron chi connectivity index (χ2n) is 7.84. The van der Waals surface area contributed by atoms with Gasteiger partial charge in [-0.05, 0) is 74.2 Å². The number of nitrogens with one attached hydrogen (secondary N) is 1. The highest BCUT2D eigenvalue weighted by Gasteiger charge is 2.34. The zero-order chi connectivity index (χ0) is 21.6. The summed E-state index contributed by atoms with van der Waals surface area (Å²) in [4.78, 5) is 27.5. The third-order valence-corrected chi connectivity index (χ3v) is 5.74. The molecule has 7 heteroatoms. The normalized spacial score (nSPS) is 20.5. The van der Waals surface area contributed by atoms with Crippen molar-refractivity contribution in [1.29, 1.82) is 0 Å². The SMILES string of the molecule is COc1ccc(NC(=O)C2CCCN2C(=O)c2ccc(OCC3CCCO3)cc2)cc1. The van der Waals surface area contributed by atoms with Crippen LogP contribution in [0.15, 0.2) is 48.5 Å². The molecule has 2 heterocycles. The Labute approximate surface area is 182 Å². The molecular formula is C24H28N2O5. The van der Waals surface area contributed by atoms with E-state index in [9.17, 15) is 9.59 Å². The van der Waals surface area contributed by atoms with Gasteiger partial charge in [0.2, 0.25) is 5.91 Å². The maximum absolute atomic E-state index is 13.0. The van der Waals surface area contributed by atoms with Crippen molar-refractivity contribution >= 4 is 17.5 Å². The largest absolute Gasteiger partial charge is 0.497 e. The van der Waals surface area contributed by atoms with Crippen LogP contribution in [0.3, 0.4) is 0 Å². The lowest BCUT2D eigenvalue weighted by molar-refractivity contribution is -0.119. The van der Waals surface area contributed by atoms with Crippen LogP contribution in [0.1, 0.15) is 36.0 Å². The smallest absolute Gasteiger partial charge is 0.254 e. The van der Waals surface area contributed by atoms with Crippen molar-refractivity contribution in [3.05, 3.63) is 54.1 Å². The highest BCUT2D eigenvalue weighted by molar-refractivity contribution is 6.01. The number of hydrogen-bond donors (Lipinski definition) is 1. The fourth-order valence-electron chi connectivity index (χ4n) is 4.01. The predicted octanol–water partition coefficient (Wildman–Crippen LogP) is 3.50. The van der Waals surface area contributed by atoms with E-state index in [-0.39, 0.29) is 17.9 Å². The first-order valence-corrected chi connectivity index (χ1v) is 10.7. The van der Waals surface area contributed by atoms with E-state index in [0.717, 1.165) is 31.6 Å². The van der Waals surface area contributed by atoms with Crippen LogP contribution in [-0.4, -0.2) is 55.7 Å². The minimum Gasteiger partial charge on any atom is -0.497 e. The highest BCUT2D eigenvalue weighted by Crippen LogP contribution is 2.24. The Bertz CT molecular complexity index is 891. The molecule has 0 saturated carbocycles. The molecule has 31 heavy (non-hydrogen) atoms. The molecule has 2 aliphatic heterocycles. The van der Waals surface area contributed by atoms with E-state index in [1.807, 2.05) is 0 Å². The number of carbonyl (C=O) groups is 2. The number of anilines is 1. The number of ether oxygens (including phenoxy) is 3. The van der Waals surface area contributed by atoms with Gasteiger partial charge in [-0.3, -0.25) is 9.59 Å². The molecule has 2 aromatic rings. The number of likely N-dealkylation sites (tertiary alicyclic amines) is 1. The molecule has 0 bridgehead atoms. The van der Waals surface area contributed by atoms with Gasteiger partial charge in [0.05, 0.1) is 13.2 Å². The summed E-state index contributed by atoms with van der Waals surface area (Å²) in [6.07, 6.45) is 3.69. The first-order valence-electron chi connectivity index (χ1n) is 10.7. The zero-order valence-electron chi connectivity index (χ0n) is 17.7. The van der Waals surface area contributed by atoms with E-state index in [1.54, 1.807) is 60.5 Å². The van der Waals surface area contributed by atoms with Crippen LogP contribution in [0.5, 0.6) is 11.5 Å². The molecule has 2 aliphatic rings. The number of rotatable bonds is 7. The maximum Gasteiger partial charge on any atom is 0.254 e. The van der Waals surface area contributed by atoms with Crippen molar-refractivity contribution in [3.8, 4) is 11.5 Å². The summed E-state index contributed by atoms with van der Waals surface area (Å²) >= 11 is 0. The van der Waals surface area contributed by atoms with Gasteiger partial charge in [-0.15, -0.1) is 0 Å². The lowest BCUT2D eigenvalue weighted by atomic mass is 10.1. The van der Waals surface area contributed by atoms with Gasteiger partial charge >= 0.3 is 0 Å². The average Bonchev–Trinajstić information content (AvgIpc) is 3.50. The molecular weight excluding hydrogens is 396 g/mol. The first-order chi connectivity index (χ1) is 15.1. The third kappa shape index (κ3) is 5.17. The van der Waals surface area contributed by atoms with Gasteiger partial charge in [0.15, 0.2) is 0 Å². The Morgan fingerprint density at radius 3 is 2.45 bits per heavy atom. The van der Waals surface area contributed by atoms with Gasteiger partial charge in [0.1, 0.15) is 24.1 Å². The number of hydrogen-bond acceptors (Lipinski definition) is 5. The summed E-state index contributed by atoms with van der Waals surface area (Å²) in [5.41, 5.74) is 1.23. The second-order valence-corrected chi connectivity index (χ2v) is 7.84. The molecule has 0 aliphatic carbocycles. The molecule has 0 radical (unpaired) electrons. The van der Waals surface area contributed by atoms with Crippen LogP contribution in [0.25, 0.3) is 0 Å². The van der Waals surface area contributed by atoms with Crippen LogP contribution in [0, 0.1) is 0 Å². The minimum atomic E-state index is -0.481. The molecule has 7 nitrogen and oxygen atoms in total. The molecule has 2 saturated heterocycles. The molecule has 2 fully saturated rings. The van der Waals surface area contributed by atoms with E-state index >= 15 is 0 Å². The van der Waals surface area contributed by atoms with Crippen molar-refractivity contribution in [1.82, 2.24) is 4.90 Å². The molecule has 2 atom stereocenters. The number of methoxy groups -OCH3 is 1. The van der Waals surface area contributed by atoms with Gasteiger partial charge in [-0.1, -0.05) is 0 Å². The lowest BCUT2D eigenvalue weighted by Crippen LogP contribution is -2.43. The van der Waals surface area contributed by atoms with Gasteiger partial charge in [-0.25, -0.2) is 0 Å². The van der Waals surface area contributed by atoms with Crippen LogP contribution in [0.4, 0.5) is 5.69 Å². The summed E-state index contributed by atoms with van der Waals surface area (Å²) < 4.78 is 16.5. The van der Waals surface area contributed by atoms with Crippen molar-refractivity contribution in [2.75, 3.05) is 32.2 Å². The maximum atomic E-state index is 13.0. The molecule has 4 rings (SSSR count). The quantitative estimate of drug-likeness (QED) is 0.736. The highest BCUT2D eigenvalue weighted by atomic mass is 16.5. The van der Waals surface area contributed by atoms with E-state index in [2.05, 4.69) is 5.32 Å². The number of benzene rings is 2. The van der Waals surface area contributed by atoms with E-state index in [1.165, 1.54) is 0 Å². The van der Waals surface area contributed by atoms with Crippen molar-refractivity contribution in [2.24, 2.45) is 0 Å². The van der Waals surface area contributed by atoms with E-state index < -0.39 is 6.04 Å². The molecule has 0 spiro atoms. The molecule has 164 valence electrons. The monoisotopic (exact) mass is 424 g/mol. The number of amides is 2. The summed E-state index contributed by atoms with van der Waals surface area (Å²) in [5.74, 6) is 1.12. The molecule has 1 N–H and O–H groups in total. The van der Waals surface area contributed by atoms with Gasteiger partial charge in [-0.2, -0.15) is 0 Å². The van der Waals surface area contributed by atoms with Crippen LogP contribution in [0.2, 0.25) is 0 Å². The molecule has 2 aromatic carbocycles. The van der Waals surface area contributed by atoms with Gasteiger partial charge in [0.25, 0.3) is 5.91 Å². The summed E-state index contributed by atoms with van der Waals surface area (Å²) in [6.45, 7) is 1.88. The van der Waals surface area contributed by atoms with Crippen LogP contribution in [-0.2, 0) is 9.53 Å². The Morgan fingerprint density at radius 1 is 1.03 bits per heavy atom. The zero-order valence-corrected chi connectivity index (χ0v) is 17.7. The lowest BCUT2D eigenvalue weighted by Gasteiger charge is -2.24. The van der Waals surface area contributed by atoms with Crippen LogP contribution >= 0.6 is 0 Å². The minimum absolute atomic E-state index is 0.141. The average molecular weight is 424 g/mol. The Hall–Kier alpha value is -3.06. The second kappa shape index (κ2) is 9.83. The summed E-state index contributed by atoms with van der Waals surface area (Å²) in [7, 11) is 1.60. The van der Waals surface area contributed by atoms with Crippen molar-refractivity contribution in [2.45, 2.75) is 37.8 Å². The fourth-order valence-corrected chi connectivity index (χ4v) is 4.01. The fraction of sp³-hybridized carbons (Fsp3) is 0.417. The van der Waals surface area contributed by atoms with Gasteiger partial charge < -0.3 is 24.4 Å². The van der Waals surface area contributed by atoms with Crippen molar-refractivity contribution in [3.63, 3.8) is 0 Å². The Balaban J connectivity index is 1.35. The van der Waals surface area contributed by atoms with Crippen LogP contribution < -0.4 is 14.8 Å². The summed E-state index contributed by atoms with van der Waals surface area (Å²) in [6, 6.07) is 13.8. The third-order valence-electron chi connectivity index (χ3n) is 5.74.